The Balaban J connectivity index is 1.88. The zero-order valence-corrected chi connectivity index (χ0v) is 22.1. The number of nitrogens with one attached hydrogen (secondary N) is 2. The molecule has 2 N–H and O–H groups in total. The summed E-state index contributed by atoms with van der Waals surface area (Å²) in [6.07, 6.45) is -2.45. The highest BCUT2D eigenvalue weighted by atomic mass is 19.4. The molecular weight excluding hydrogens is 511 g/mol. The van der Waals surface area contributed by atoms with Gasteiger partial charge < -0.3 is 10.1 Å². The molecule has 0 aliphatic rings. The summed E-state index contributed by atoms with van der Waals surface area (Å²) in [6.45, 7) is 6.64. The van der Waals surface area contributed by atoms with Gasteiger partial charge in [0.2, 0.25) is 5.91 Å². The number of ketones is 1. The van der Waals surface area contributed by atoms with E-state index in [1.165, 1.54) is 6.07 Å². The van der Waals surface area contributed by atoms with Crippen LogP contribution in [0, 0.1) is 0 Å². The molecule has 0 aliphatic heterocycles. The van der Waals surface area contributed by atoms with Crippen LogP contribution in [0.3, 0.4) is 0 Å². The largest absolute Gasteiger partial charge is 0.444 e. The number of amides is 2. The van der Waals surface area contributed by atoms with Crippen molar-refractivity contribution in [2.75, 3.05) is 10.6 Å². The Bertz CT molecular complexity index is 1350. The monoisotopic (exact) mass is 541 g/mol. The van der Waals surface area contributed by atoms with E-state index in [0.717, 1.165) is 17.2 Å². The molecule has 1 heterocycles. The quantitative estimate of drug-likeness (QED) is 0.231. The van der Waals surface area contributed by atoms with Gasteiger partial charge in [-0.2, -0.15) is 13.2 Å². The maximum atomic E-state index is 13.8. The van der Waals surface area contributed by atoms with Crippen LogP contribution in [0.5, 0.6) is 0 Å². The topological polar surface area (TPSA) is 97.4 Å². The number of carbonyl (C=O) groups is 3. The summed E-state index contributed by atoms with van der Waals surface area (Å²) in [6, 6.07) is 12.1. The van der Waals surface area contributed by atoms with Crippen LogP contribution in [0.25, 0.3) is 11.1 Å². The molecular formula is C29H30F3N3O4. The number of anilines is 2. The third-order valence-corrected chi connectivity index (χ3v) is 5.48. The smallest absolute Gasteiger partial charge is 0.416 e. The van der Waals surface area contributed by atoms with Gasteiger partial charge in [0.15, 0.2) is 5.78 Å². The van der Waals surface area contributed by atoms with E-state index in [0.29, 0.717) is 6.42 Å². The van der Waals surface area contributed by atoms with Gasteiger partial charge >= 0.3 is 12.3 Å². The number of carbonyl (C=O) groups excluding carboxylic acids is 3. The molecule has 0 unspecified atom stereocenters. The van der Waals surface area contributed by atoms with Crippen LogP contribution in [0.4, 0.5) is 29.3 Å². The lowest BCUT2D eigenvalue weighted by atomic mass is 9.99. The highest BCUT2D eigenvalue weighted by molar-refractivity contribution is 6.12. The predicted molar refractivity (Wildman–Crippen MR) is 143 cm³/mol. The van der Waals surface area contributed by atoms with Crippen molar-refractivity contribution in [1.82, 2.24) is 4.98 Å². The van der Waals surface area contributed by atoms with Crippen molar-refractivity contribution in [3.63, 3.8) is 0 Å². The maximum Gasteiger partial charge on any atom is 0.416 e. The fraction of sp³-hybridized carbons (Fsp3) is 0.310. The SMILES string of the molecule is CCCc1cc(NC(=O)OC(C)(C)C)c(NC(=O)CC(=O)c2cccc(-c3cccnc3)c2)cc1C(F)(F)F. The first-order chi connectivity index (χ1) is 18.3. The Morgan fingerprint density at radius 2 is 1.62 bits per heavy atom. The Labute approximate surface area is 224 Å². The van der Waals surface area contributed by atoms with Crippen LogP contribution in [0.1, 0.15) is 62.0 Å². The molecule has 2 aromatic carbocycles. The Kier molecular flexibility index (Phi) is 9.11. The van der Waals surface area contributed by atoms with Gasteiger partial charge in [-0.05, 0) is 62.6 Å². The molecule has 0 spiro atoms. The summed E-state index contributed by atoms with van der Waals surface area (Å²) >= 11 is 0. The van der Waals surface area contributed by atoms with E-state index in [1.54, 1.807) is 70.4 Å². The third kappa shape index (κ3) is 8.39. The number of nitrogens with zero attached hydrogens (tertiary/aromatic N) is 1. The molecule has 0 bridgehead atoms. The summed E-state index contributed by atoms with van der Waals surface area (Å²) in [5, 5.41) is 4.79. The van der Waals surface area contributed by atoms with Crippen molar-refractivity contribution in [1.29, 1.82) is 0 Å². The highest BCUT2D eigenvalue weighted by Gasteiger charge is 2.34. The van der Waals surface area contributed by atoms with Crippen LogP contribution in [0.2, 0.25) is 0 Å². The van der Waals surface area contributed by atoms with E-state index in [9.17, 15) is 27.6 Å². The first-order valence-corrected chi connectivity index (χ1v) is 12.3. The molecule has 7 nitrogen and oxygen atoms in total. The molecule has 0 fully saturated rings. The molecule has 1 aromatic heterocycles. The lowest BCUT2D eigenvalue weighted by Gasteiger charge is -2.22. The van der Waals surface area contributed by atoms with Crippen LogP contribution < -0.4 is 10.6 Å². The Morgan fingerprint density at radius 3 is 2.23 bits per heavy atom. The van der Waals surface area contributed by atoms with Gasteiger partial charge in [-0.15, -0.1) is 0 Å². The van der Waals surface area contributed by atoms with Gasteiger partial charge in [0.25, 0.3) is 0 Å². The van der Waals surface area contributed by atoms with Crippen molar-refractivity contribution in [2.45, 2.75) is 58.7 Å². The summed E-state index contributed by atoms with van der Waals surface area (Å²) in [7, 11) is 0. The molecule has 3 rings (SSSR count). The summed E-state index contributed by atoms with van der Waals surface area (Å²) < 4.78 is 46.7. The summed E-state index contributed by atoms with van der Waals surface area (Å²) in [5.41, 5.74) is -0.450. The minimum Gasteiger partial charge on any atom is -0.444 e. The van der Waals surface area contributed by atoms with Gasteiger partial charge in [0.05, 0.1) is 23.4 Å². The predicted octanol–water partition coefficient (Wildman–Crippen LogP) is 7.28. The number of rotatable bonds is 8. The normalized spacial score (nSPS) is 11.6. The maximum absolute atomic E-state index is 13.8. The number of aryl methyl sites for hydroxylation is 1. The van der Waals surface area contributed by atoms with E-state index in [1.807, 2.05) is 6.07 Å². The van der Waals surface area contributed by atoms with E-state index in [-0.39, 0.29) is 28.9 Å². The Morgan fingerprint density at radius 1 is 0.923 bits per heavy atom. The molecule has 0 aliphatic carbocycles. The third-order valence-electron chi connectivity index (χ3n) is 5.48. The van der Waals surface area contributed by atoms with Crippen LogP contribution in [-0.2, 0) is 22.1 Å². The number of aromatic nitrogens is 1. The standard InChI is InChI=1S/C29H30F3N3O4/c1-5-8-19-14-23(35-27(38)39-28(2,3)4)24(15-22(19)29(30,31)32)34-26(37)16-25(36)20-10-6-9-18(13-20)21-11-7-12-33-17-21/h6-7,9-15,17H,5,8,16H2,1-4H3,(H,34,37)(H,35,38). The van der Waals surface area contributed by atoms with Crippen molar-refractivity contribution in [2.24, 2.45) is 0 Å². The number of hydrogen-bond acceptors (Lipinski definition) is 5. The molecule has 2 amide bonds. The molecule has 0 atom stereocenters. The van der Waals surface area contributed by atoms with Gasteiger partial charge in [-0.1, -0.05) is 37.6 Å². The average Bonchev–Trinajstić information content (AvgIpc) is 2.84. The van der Waals surface area contributed by atoms with Crippen molar-refractivity contribution < 1.29 is 32.3 Å². The number of ether oxygens (including phenoxy) is 1. The van der Waals surface area contributed by atoms with E-state index >= 15 is 0 Å². The lowest BCUT2D eigenvalue weighted by molar-refractivity contribution is -0.138. The highest BCUT2D eigenvalue weighted by Crippen LogP contribution is 2.38. The zero-order chi connectivity index (χ0) is 28.8. The number of halogens is 3. The van der Waals surface area contributed by atoms with Crippen LogP contribution in [0.15, 0.2) is 60.9 Å². The lowest BCUT2D eigenvalue weighted by Crippen LogP contribution is -2.28. The fourth-order valence-corrected chi connectivity index (χ4v) is 3.85. The number of hydrogen-bond donors (Lipinski definition) is 2. The molecule has 10 heteroatoms. The molecule has 206 valence electrons. The van der Waals surface area contributed by atoms with Crippen molar-refractivity contribution in [3.8, 4) is 11.1 Å². The number of benzene rings is 2. The number of alkyl halides is 3. The van der Waals surface area contributed by atoms with Gasteiger partial charge in [-0.3, -0.25) is 19.9 Å². The van der Waals surface area contributed by atoms with Gasteiger partial charge in [-0.25, -0.2) is 4.79 Å². The second-order valence-corrected chi connectivity index (χ2v) is 9.90. The molecule has 0 radical (unpaired) electrons. The minimum atomic E-state index is -4.70. The second kappa shape index (κ2) is 12.1. The van der Waals surface area contributed by atoms with Crippen molar-refractivity contribution in [3.05, 3.63) is 77.6 Å². The van der Waals surface area contributed by atoms with Gasteiger partial charge in [0, 0.05) is 23.5 Å². The van der Waals surface area contributed by atoms with E-state index < -0.39 is 41.5 Å². The minimum absolute atomic E-state index is 0.0441. The fourth-order valence-electron chi connectivity index (χ4n) is 3.85. The molecule has 0 saturated carbocycles. The Hall–Kier alpha value is -4.21. The van der Waals surface area contributed by atoms with Crippen LogP contribution >= 0.6 is 0 Å². The van der Waals surface area contributed by atoms with E-state index in [4.69, 9.17) is 4.74 Å². The van der Waals surface area contributed by atoms with Crippen LogP contribution in [-0.4, -0.2) is 28.4 Å². The molecule has 39 heavy (non-hydrogen) atoms. The molecule has 3 aromatic rings. The zero-order valence-electron chi connectivity index (χ0n) is 22.1. The first kappa shape index (κ1) is 29.3. The molecule has 0 saturated heterocycles. The average molecular weight is 542 g/mol. The second-order valence-electron chi connectivity index (χ2n) is 9.90. The first-order valence-electron chi connectivity index (χ1n) is 12.3. The van der Waals surface area contributed by atoms with E-state index in [2.05, 4.69) is 15.6 Å². The summed E-state index contributed by atoms with van der Waals surface area (Å²) in [5.74, 6) is -1.37. The number of Topliss-reactive ketones (excluding diaryl/α,β-unsaturated/α-hetero) is 1. The number of pyridine rings is 1. The van der Waals surface area contributed by atoms with Gasteiger partial charge in [0.1, 0.15) is 5.60 Å². The van der Waals surface area contributed by atoms with Crippen molar-refractivity contribution >= 4 is 29.2 Å². The summed E-state index contributed by atoms with van der Waals surface area (Å²) in [4.78, 5) is 42.1.